The number of aliphatic carboxylic acids is 1. The van der Waals surface area contributed by atoms with Crippen LogP contribution in [0.1, 0.15) is 12.0 Å². The number of ketones is 1. The maximum absolute atomic E-state index is 11.1. The quantitative estimate of drug-likeness (QED) is 0.597. The van der Waals surface area contributed by atoms with Crippen LogP contribution in [0.5, 0.6) is 11.5 Å². The molecule has 0 heterocycles. The first-order valence-corrected chi connectivity index (χ1v) is 4.82. The van der Waals surface area contributed by atoms with Crippen molar-refractivity contribution in [1.29, 1.82) is 0 Å². The molecular weight excluding hydrogens is 224 g/mol. The molecule has 0 atom stereocenters. The molecule has 0 aliphatic rings. The van der Waals surface area contributed by atoms with Gasteiger partial charge in [0, 0.05) is 0 Å². The van der Waals surface area contributed by atoms with Crippen molar-refractivity contribution < 1.29 is 24.5 Å². The van der Waals surface area contributed by atoms with Gasteiger partial charge in [-0.1, -0.05) is 12.1 Å². The highest BCUT2D eigenvalue weighted by atomic mass is 16.5. The zero-order valence-corrected chi connectivity index (χ0v) is 9.21. The molecule has 1 aromatic carbocycles. The van der Waals surface area contributed by atoms with Gasteiger partial charge >= 0.3 is 5.97 Å². The fourth-order valence-corrected chi connectivity index (χ4v) is 1.20. The van der Waals surface area contributed by atoms with Crippen LogP contribution in [0.3, 0.4) is 0 Å². The highest BCUT2D eigenvalue weighted by Crippen LogP contribution is 2.26. The number of phenols is 1. The normalized spacial score (nSPS) is 10.4. The molecule has 5 nitrogen and oxygen atoms in total. The Morgan fingerprint density at radius 3 is 2.71 bits per heavy atom. The van der Waals surface area contributed by atoms with Gasteiger partial charge in [0.1, 0.15) is 6.42 Å². The summed E-state index contributed by atoms with van der Waals surface area (Å²) in [6, 6.07) is 4.56. The van der Waals surface area contributed by atoms with Gasteiger partial charge < -0.3 is 14.9 Å². The lowest BCUT2D eigenvalue weighted by atomic mass is 10.1. The summed E-state index contributed by atoms with van der Waals surface area (Å²) in [5, 5.41) is 17.7. The van der Waals surface area contributed by atoms with Crippen molar-refractivity contribution in [3.05, 3.63) is 29.8 Å². The molecule has 1 aromatic rings. The number of ether oxygens (including phenoxy) is 1. The van der Waals surface area contributed by atoms with Crippen LogP contribution in [-0.2, 0) is 9.59 Å². The fraction of sp³-hybridized carbons (Fsp3) is 0.167. The van der Waals surface area contributed by atoms with Crippen molar-refractivity contribution in [3.8, 4) is 11.5 Å². The van der Waals surface area contributed by atoms with Gasteiger partial charge in [-0.2, -0.15) is 0 Å². The average Bonchev–Trinajstić information content (AvgIpc) is 2.27. The summed E-state index contributed by atoms with van der Waals surface area (Å²) in [6.45, 7) is 0. The predicted molar refractivity (Wildman–Crippen MR) is 61.0 cm³/mol. The second-order valence-electron chi connectivity index (χ2n) is 3.30. The molecular formula is C12H12O5. The van der Waals surface area contributed by atoms with Crippen molar-refractivity contribution in [2.45, 2.75) is 6.42 Å². The summed E-state index contributed by atoms with van der Waals surface area (Å²) in [4.78, 5) is 21.4. The highest BCUT2D eigenvalue weighted by Gasteiger charge is 2.04. The van der Waals surface area contributed by atoms with Crippen LogP contribution in [0.15, 0.2) is 24.3 Å². The Labute approximate surface area is 98.0 Å². The number of methoxy groups -OCH3 is 1. The summed E-state index contributed by atoms with van der Waals surface area (Å²) in [7, 11) is 1.41. The van der Waals surface area contributed by atoms with E-state index in [1.54, 1.807) is 12.1 Å². The summed E-state index contributed by atoms with van der Waals surface area (Å²) < 4.78 is 4.89. The zero-order valence-electron chi connectivity index (χ0n) is 9.21. The Morgan fingerprint density at radius 2 is 2.12 bits per heavy atom. The predicted octanol–water partition coefficient (Wildman–Crippen LogP) is 1.46. The molecule has 90 valence electrons. The molecule has 0 bridgehead atoms. The first-order valence-electron chi connectivity index (χ1n) is 4.82. The highest BCUT2D eigenvalue weighted by molar-refractivity contribution is 6.03. The molecule has 0 fully saturated rings. The Balaban J connectivity index is 2.78. The first-order chi connectivity index (χ1) is 8.02. The molecule has 0 aliphatic carbocycles. The number of phenolic OH excluding ortho intramolecular Hbond substituents is 1. The van der Waals surface area contributed by atoms with E-state index >= 15 is 0 Å². The van der Waals surface area contributed by atoms with Gasteiger partial charge in [-0.3, -0.25) is 9.59 Å². The Hall–Kier alpha value is -2.30. The minimum Gasteiger partial charge on any atom is -0.504 e. The van der Waals surface area contributed by atoms with Crippen LogP contribution in [0.2, 0.25) is 0 Å². The van der Waals surface area contributed by atoms with Crippen molar-refractivity contribution in [2.24, 2.45) is 0 Å². The number of rotatable bonds is 5. The molecule has 1 rings (SSSR count). The monoisotopic (exact) mass is 236 g/mol. The Bertz CT molecular complexity index is 462. The molecule has 0 radical (unpaired) electrons. The Morgan fingerprint density at radius 1 is 1.41 bits per heavy atom. The number of carbonyl (C=O) groups is 2. The fourth-order valence-electron chi connectivity index (χ4n) is 1.20. The lowest BCUT2D eigenvalue weighted by molar-refractivity contribution is -0.139. The maximum atomic E-state index is 11.1. The van der Waals surface area contributed by atoms with Crippen LogP contribution >= 0.6 is 0 Å². The van der Waals surface area contributed by atoms with Gasteiger partial charge in [0.25, 0.3) is 0 Å². The van der Waals surface area contributed by atoms with Crippen molar-refractivity contribution in [2.75, 3.05) is 7.11 Å². The average molecular weight is 236 g/mol. The van der Waals surface area contributed by atoms with E-state index in [1.165, 1.54) is 25.3 Å². The van der Waals surface area contributed by atoms with E-state index in [4.69, 9.17) is 9.84 Å². The molecule has 2 N–H and O–H groups in total. The van der Waals surface area contributed by atoms with Gasteiger partial charge in [0.15, 0.2) is 17.3 Å². The van der Waals surface area contributed by atoms with Crippen molar-refractivity contribution in [3.63, 3.8) is 0 Å². The van der Waals surface area contributed by atoms with Crippen LogP contribution in [-0.4, -0.2) is 29.1 Å². The summed E-state index contributed by atoms with van der Waals surface area (Å²) in [6.07, 6.45) is 2.11. The molecule has 0 aromatic heterocycles. The van der Waals surface area contributed by atoms with Gasteiger partial charge in [-0.15, -0.1) is 0 Å². The molecule has 0 aliphatic heterocycles. The largest absolute Gasteiger partial charge is 0.504 e. The van der Waals surface area contributed by atoms with E-state index in [2.05, 4.69) is 0 Å². The second-order valence-corrected chi connectivity index (χ2v) is 3.30. The SMILES string of the molecule is COc1cc(/C=C/C(=O)CC(=O)O)ccc1O. The minimum atomic E-state index is -1.16. The molecule has 0 amide bonds. The number of allylic oxidation sites excluding steroid dienone is 1. The molecule has 0 saturated heterocycles. The van der Waals surface area contributed by atoms with E-state index in [1.807, 2.05) is 0 Å². The summed E-state index contributed by atoms with van der Waals surface area (Å²) in [5.41, 5.74) is 0.637. The van der Waals surface area contributed by atoms with Crippen molar-refractivity contribution in [1.82, 2.24) is 0 Å². The third kappa shape index (κ3) is 3.98. The number of carbonyl (C=O) groups excluding carboxylic acids is 1. The Kier molecular flexibility index (Phi) is 4.28. The topological polar surface area (TPSA) is 83.8 Å². The van der Waals surface area contributed by atoms with E-state index in [0.29, 0.717) is 5.56 Å². The lowest BCUT2D eigenvalue weighted by Crippen LogP contribution is -2.02. The number of carboxylic acid groups (broad SMARTS) is 1. The van der Waals surface area contributed by atoms with E-state index in [9.17, 15) is 14.7 Å². The number of hydrogen-bond donors (Lipinski definition) is 2. The number of aromatic hydroxyl groups is 1. The van der Waals surface area contributed by atoms with Crippen LogP contribution in [0.25, 0.3) is 6.08 Å². The standard InChI is InChI=1S/C12H12O5/c1-17-11-6-8(3-5-10(11)14)2-4-9(13)7-12(15)16/h2-6,14H,7H2,1H3,(H,15,16)/b4-2+. The van der Waals surface area contributed by atoms with E-state index < -0.39 is 18.2 Å². The van der Waals surface area contributed by atoms with Gasteiger partial charge in [-0.25, -0.2) is 0 Å². The summed E-state index contributed by atoms with van der Waals surface area (Å²) >= 11 is 0. The lowest BCUT2D eigenvalue weighted by Gasteiger charge is -2.03. The number of hydrogen-bond acceptors (Lipinski definition) is 4. The van der Waals surface area contributed by atoms with Crippen molar-refractivity contribution >= 4 is 17.8 Å². The minimum absolute atomic E-state index is 0.00140. The van der Waals surface area contributed by atoms with E-state index in [-0.39, 0.29) is 11.5 Å². The maximum Gasteiger partial charge on any atom is 0.311 e. The third-order valence-electron chi connectivity index (χ3n) is 1.99. The molecule has 5 heteroatoms. The van der Waals surface area contributed by atoms with Crippen LogP contribution in [0.4, 0.5) is 0 Å². The summed E-state index contributed by atoms with van der Waals surface area (Å²) in [5.74, 6) is -1.37. The first kappa shape index (κ1) is 12.8. The zero-order chi connectivity index (χ0) is 12.8. The van der Waals surface area contributed by atoms with Gasteiger partial charge in [0.05, 0.1) is 7.11 Å². The van der Waals surface area contributed by atoms with Crippen LogP contribution < -0.4 is 4.74 Å². The van der Waals surface area contributed by atoms with Gasteiger partial charge in [0.2, 0.25) is 0 Å². The van der Waals surface area contributed by atoms with Crippen LogP contribution in [0, 0.1) is 0 Å². The smallest absolute Gasteiger partial charge is 0.311 e. The molecule has 0 unspecified atom stereocenters. The number of carboxylic acids is 1. The molecule has 0 saturated carbocycles. The second kappa shape index (κ2) is 5.69. The number of benzene rings is 1. The van der Waals surface area contributed by atoms with Gasteiger partial charge in [-0.05, 0) is 23.8 Å². The third-order valence-corrected chi connectivity index (χ3v) is 1.99. The molecule has 17 heavy (non-hydrogen) atoms. The molecule has 0 spiro atoms. The van der Waals surface area contributed by atoms with E-state index in [0.717, 1.165) is 0 Å².